The lowest BCUT2D eigenvalue weighted by Crippen LogP contribution is -2.05. The Morgan fingerprint density at radius 3 is 2.60 bits per heavy atom. The lowest BCUT2D eigenvalue weighted by Gasteiger charge is -1.99. The SMILES string of the molecule is O=C(O)c1cnc(NCC#CCO)nc1. The van der Waals surface area contributed by atoms with Gasteiger partial charge in [0.2, 0.25) is 5.95 Å². The van der Waals surface area contributed by atoms with Crippen LogP contribution in [0.3, 0.4) is 0 Å². The van der Waals surface area contributed by atoms with E-state index in [-0.39, 0.29) is 12.2 Å². The number of aromatic nitrogens is 2. The van der Waals surface area contributed by atoms with Crippen LogP contribution >= 0.6 is 0 Å². The summed E-state index contributed by atoms with van der Waals surface area (Å²) in [7, 11) is 0. The Morgan fingerprint density at radius 1 is 1.40 bits per heavy atom. The molecule has 0 amide bonds. The fraction of sp³-hybridized carbons (Fsp3) is 0.222. The molecule has 0 atom stereocenters. The standard InChI is InChI=1S/C9H9N3O3/c13-4-2-1-3-10-9-11-5-7(6-12-9)8(14)15/h5-6,13H,3-4H2,(H,14,15)(H,10,11,12). The van der Waals surface area contributed by atoms with Crippen molar-refractivity contribution in [3.8, 4) is 11.8 Å². The summed E-state index contributed by atoms with van der Waals surface area (Å²) in [5.74, 6) is 4.29. The number of nitrogens with one attached hydrogen (secondary N) is 1. The van der Waals surface area contributed by atoms with Crippen LogP contribution in [-0.4, -0.2) is 39.3 Å². The summed E-state index contributed by atoms with van der Waals surface area (Å²) in [5.41, 5.74) is 0.0296. The molecule has 1 aromatic heterocycles. The molecule has 0 unspecified atom stereocenters. The molecule has 3 N–H and O–H groups in total. The van der Waals surface area contributed by atoms with E-state index in [1.807, 2.05) is 0 Å². The van der Waals surface area contributed by atoms with E-state index in [9.17, 15) is 4.79 Å². The first-order valence-corrected chi connectivity index (χ1v) is 4.10. The van der Waals surface area contributed by atoms with Gasteiger partial charge in [0.25, 0.3) is 0 Å². The molecule has 0 aromatic carbocycles. The van der Waals surface area contributed by atoms with E-state index >= 15 is 0 Å². The topological polar surface area (TPSA) is 95.3 Å². The Balaban J connectivity index is 2.53. The Kier molecular flexibility index (Phi) is 4.06. The third-order valence-electron chi connectivity index (χ3n) is 1.44. The second-order valence-electron chi connectivity index (χ2n) is 2.47. The van der Waals surface area contributed by atoms with Gasteiger partial charge in [0.15, 0.2) is 0 Å². The number of nitrogens with zero attached hydrogens (tertiary/aromatic N) is 2. The monoisotopic (exact) mass is 207 g/mol. The number of rotatable bonds is 3. The zero-order valence-electron chi connectivity index (χ0n) is 7.77. The van der Waals surface area contributed by atoms with E-state index in [1.165, 1.54) is 12.4 Å². The molecule has 1 aromatic rings. The van der Waals surface area contributed by atoms with Crippen molar-refractivity contribution in [2.75, 3.05) is 18.5 Å². The number of aliphatic hydroxyl groups is 1. The molecule has 6 nitrogen and oxygen atoms in total. The maximum Gasteiger partial charge on any atom is 0.338 e. The molecular formula is C9H9N3O3. The molecule has 0 radical (unpaired) electrons. The van der Waals surface area contributed by atoms with Gasteiger partial charge in [-0.25, -0.2) is 14.8 Å². The van der Waals surface area contributed by atoms with Crippen molar-refractivity contribution in [2.24, 2.45) is 0 Å². The molecule has 6 heteroatoms. The predicted octanol–water partition coefficient (Wildman–Crippen LogP) is -0.418. The van der Waals surface area contributed by atoms with Gasteiger partial charge in [-0.05, 0) is 0 Å². The summed E-state index contributed by atoms with van der Waals surface area (Å²) < 4.78 is 0. The zero-order chi connectivity index (χ0) is 11.1. The first-order valence-electron chi connectivity index (χ1n) is 4.10. The highest BCUT2D eigenvalue weighted by molar-refractivity contribution is 5.86. The number of hydrogen-bond acceptors (Lipinski definition) is 5. The van der Waals surface area contributed by atoms with Crippen molar-refractivity contribution in [1.82, 2.24) is 9.97 Å². The highest BCUT2D eigenvalue weighted by Gasteiger charge is 2.02. The smallest absolute Gasteiger partial charge is 0.338 e. The second-order valence-corrected chi connectivity index (χ2v) is 2.47. The van der Waals surface area contributed by atoms with Gasteiger partial charge in [-0.3, -0.25) is 0 Å². The summed E-state index contributed by atoms with van der Waals surface area (Å²) in [6.45, 7) is 0.105. The quantitative estimate of drug-likeness (QED) is 0.583. The summed E-state index contributed by atoms with van der Waals surface area (Å²) in [6, 6.07) is 0. The van der Waals surface area contributed by atoms with Gasteiger partial charge in [0, 0.05) is 12.4 Å². The molecule has 0 spiro atoms. The van der Waals surface area contributed by atoms with Crippen LogP contribution in [0.5, 0.6) is 0 Å². The van der Waals surface area contributed by atoms with Gasteiger partial charge in [-0.2, -0.15) is 0 Å². The van der Waals surface area contributed by atoms with Crippen LogP contribution in [0.1, 0.15) is 10.4 Å². The highest BCUT2D eigenvalue weighted by Crippen LogP contribution is 1.99. The number of carboxylic acid groups (broad SMARTS) is 1. The van der Waals surface area contributed by atoms with Gasteiger partial charge in [-0.1, -0.05) is 11.8 Å². The maximum absolute atomic E-state index is 10.5. The van der Waals surface area contributed by atoms with E-state index < -0.39 is 5.97 Å². The average molecular weight is 207 g/mol. The highest BCUT2D eigenvalue weighted by atomic mass is 16.4. The van der Waals surface area contributed by atoms with E-state index in [0.717, 1.165) is 0 Å². The van der Waals surface area contributed by atoms with Crippen LogP contribution in [0.15, 0.2) is 12.4 Å². The summed E-state index contributed by atoms with van der Waals surface area (Å²) in [4.78, 5) is 18.0. The molecule has 0 fully saturated rings. The van der Waals surface area contributed by atoms with Crippen LogP contribution in [0.25, 0.3) is 0 Å². The van der Waals surface area contributed by atoms with Crippen molar-refractivity contribution in [3.05, 3.63) is 18.0 Å². The normalized spacial score (nSPS) is 8.87. The minimum Gasteiger partial charge on any atom is -0.478 e. The molecule has 0 aliphatic rings. The van der Waals surface area contributed by atoms with E-state index in [4.69, 9.17) is 10.2 Å². The van der Waals surface area contributed by atoms with Crippen LogP contribution in [-0.2, 0) is 0 Å². The molecule has 15 heavy (non-hydrogen) atoms. The van der Waals surface area contributed by atoms with Crippen LogP contribution in [0.2, 0.25) is 0 Å². The second kappa shape index (κ2) is 5.57. The minimum atomic E-state index is -1.07. The van der Waals surface area contributed by atoms with E-state index in [0.29, 0.717) is 12.5 Å². The molecule has 0 saturated carbocycles. The summed E-state index contributed by atoms with van der Waals surface area (Å²) >= 11 is 0. The van der Waals surface area contributed by atoms with Crippen molar-refractivity contribution >= 4 is 11.9 Å². The average Bonchev–Trinajstić information content (AvgIpc) is 2.25. The fourth-order valence-corrected chi connectivity index (χ4v) is 0.771. The van der Waals surface area contributed by atoms with Crippen LogP contribution in [0, 0.1) is 11.8 Å². The molecule has 1 rings (SSSR count). The first-order chi connectivity index (χ1) is 7.24. The van der Waals surface area contributed by atoms with Crippen LogP contribution < -0.4 is 5.32 Å². The minimum absolute atomic E-state index is 0.0296. The Hall–Kier alpha value is -2.13. The molecule has 0 aliphatic carbocycles. The molecule has 0 bridgehead atoms. The van der Waals surface area contributed by atoms with Crippen molar-refractivity contribution in [2.45, 2.75) is 0 Å². The Morgan fingerprint density at radius 2 is 2.07 bits per heavy atom. The number of carboxylic acids is 1. The van der Waals surface area contributed by atoms with Crippen molar-refractivity contribution in [3.63, 3.8) is 0 Å². The van der Waals surface area contributed by atoms with Gasteiger partial charge in [0.05, 0.1) is 12.1 Å². The predicted molar refractivity (Wildman–Crippen MR) is 52.3 cm³/mol. The summed E-state index contributed by atoms with van der Waals surface area (Å²) in [5, 5.41) is 19.7. The summed E-state index contributed by atoms with van der Waals surface area (Å²) in [6.07, 6.45) is 2.41. The lowest BCUT2D eigenvalue weighted by atomic mass is 10.3. The van der Waals surface area contributed by atoms with Gasteiger partial charge >= 0.3 is 5.97 Å². The largest absolute Gasteiger partial charge is 0.478 e. The molecular weight excluding hydrogens is 198 g/mol. The van der Waals surface area contributed by atoms with E-state index in [1.54, 1.807) is 0 Å². The fourth-order valence-electron chi connectivity index (χ4n) is 0.771. The number of anilines is 1. The first kappa shape index (κ1) is 10.9. The number of aliphatic hydroxyl groups excluding tert-OH is 1. The third-order valence-corrected chi connectivity index (χ3v) is 1.44. The lowest BCUT2D eigenvalue weighted by molar-refractivity contribution is 0.0696. The Bertz CT molecular complexity index is 391. The number of carbonyl (C=O) groups is 1. The maximum atomic E-state index is 10.5. The number of aromatic carboxylic acids is 1. The molecule has 0 saturated heterocycles. The zero-order valence-corrected chi connectivity index (χ0v) is 7.77. The molecule has 1 heterocycles. The van der Waals surface area contributed by atoms with Gasteiger partial charge < -0.3 is 15.5 Å². The Labute approximate surface area is 86.0 Å². The molecule has 0 aliphatic heterocycles. The van der Waals surface area contributed by atoms with E-state index in [2.05, 4.69) is 27.1 Å². The van der Waals surface area contributed by atoms with Crippen molar-refractivity contribution in [1.29, 1.82) is 0 Å². The van der Waals surface area contributed by atoms with Crippen LogP contribution in [0.4, 0.5) is 5.95 Å². The van der Waals surface area contributed by atoms with Gasteiger partial charge in [0.1, 0.15) is 6.61 Å². The van der Waals surface area contributed by atoms with Crippen molar-refractivity contribution < 1.29 is 15.0 Å². The third kappa shape index (κ3) is 3.62. The number of hydrogen-bond donors (Lipinski definition) is 3. The van der Waals surface area contributed by atoms with Gasteiger partial charge in [-0.15, -0.1) is 0 Å². The molecule has 78 valence electrons.